The predicted molar refractivity (Wildman–Crippen MR) is 75.6 cm³/mol. The first-order valence-corrected chi connectivity index (χ1v) is 7.03. The van der Waals surface area contributed by atoms with Crippen LogP contribution in [0.25, 0.3) is 0 Å². The number of hydrogen-bond donors (Lipinski definition) is 2. The molecule has 1 aliphatic carbocycles. The molecule has 0 aromatic carbocycles. The zero-order valence-electron chi connectivity index (χ0n) is 11.0. The highest BCUT2D eigenvalue weighted by atomic mass is 32.1. The zero-order chi connectivity index (χ0) is 13.3. The molecule has 100 valence electrons. The van der Waals surface area contributed by atoms with Crippen LogP contribution in [-0.2, 0) is 6.54 Å². The van der Waals surface area contributed by atoms with Crippen molar-refractivity contribution in [3.63, 3.8) is 0 Å². The number of nitrogens with one attached hydrogen (secondary N) is 1. The van der Waals surface area contributed by atoms with Gasteiger partial charge in [0, 0.05) is 17.7 Å². The van der Waals surface area contributed by atoms with Gasteiger partial charge in [-0.25, -0.2) is 4.68 Å². The zero-order valence-corrected chi connectivity index (χ0v) is 11.8. The van der Waals surface area contributed by atoms with Crippen LogP contribution in [0.2, 0.25) is 0 Å². The van der Waals surface area contributed by atoms with Gasteiger partial charge in [0.1, 0.15) is 0 Å². The number of rotatable bonds is 3. The van der Waals surface area contributed by atoms with E-state index in [0.29, 0.717) is 17.7 Å². The number of hydrogen-bond acceptors (Lipinski definition) is 3. The first-order chi connectivity index (χ1) is 8.49. The van der Waals surface area contributed by atoms with Gasteiger partial charge in [-0.05, 0) is 37.9 Å². The number of nitrogens with zero attached hydrogens (tertiary/aromatic N) is 1. The van der Waals surface area contributed by atoms with E-state index in [0.717, 1.165) is 18.6 Å². The Kier molecular flexibility index (Phi) is 3.71. The normalized spacial score (nSPS) is 18.2. The first-order valence-electron chi connectivity index (χ1n) is 6.40. The molecule has 1 N–H and O–H groups in total. The molecule has 0 radical (unpaired) electrons. The van der Waals surface area contributed by atoms with Crippen molar-refractivity contribution in [3.05, 3.63) is 31.8 Å². The maximum atomic E-state index is 12.2. The minimum absolute atomic E-state index is 0.0670. The molecule has 18 heavy (non-hydrogen) atoms. The molecule has 1 aliphatic rings. The molecule has 1 aromatic heterocycles. The largest absolute Gasteiger partial charge is 0.268 e. The molecule has 4 nitrogen and oxygen atoms in total. The lowest BCUT2D eigenvalue weighted by Crippen LogP contribution is -2.38. The average Bonchev–Trinajstić information content (AvgIpc) is 2.82. The molecule has 0 bridgehead atoms. The number of aromatic amines is 1. The Morgan fingerprint density at radius 3 is 2.39 bits per heavy atom. The number of H-pyrrole nitrogens is 1. The predicted octanol–water partition coefficient (Wildman–Crippen LogP) is 1.64. The van der Waals surface area contributed by atoms with Gasteiger partial charge >= 0.3 is 0 Å². The molecule has 2 rings (SSSR count). The van der Waals surface area contributed by atoms with Crippen molar-refractivity contribution >= 4 is 12.6 Å². The van der Waals surface area contributed by atoms with Gasteiger partial charge in [0.2, 0.25) is 0 Å². The van der Waals surface area contributed by atoms with Crippen molar-refractivity contribution in [2.24, 2.45) is 5.41 Å². The summed E-state index contributed by atoms with van der Waals surface area (Å²) in [6.07, 6.45) is 4.53. The summed E-state index contributed by atoms with van der Waals surface area (Å²) in [6, 6.07) is 0. The monoisotopic (exact) mass is 268 g/mol. The van der Waals surface area contributed by atoms with Gasteiger partial charge in [0.25, 0.3) is 11.1 Å². The van der Waals surface area contributed by atoms with Gasteiger partial charge in [0.15, 0.2) is 0 Å². The second-order valence-corrected chi connectivity index (χ2v) is 5.76. The molecule has 1 heterocycles. The Bertz CT molecular complexity index is 553. The molecule has 0 aliphatic heterocycles. The van der Waals surface area contributed by atoms with Crippen LogP contribution < -0.4 is 11.1 Å². The van der Waals surface area contributed by atoms with E-state index in [1.165, 1.54) is 17.5 Å². The van der Waals surface area contributed by atoms with Crippen molar-refractivity contribution in [2.75, 3.05) is 5.75 Å². The van der Waals surface area contributed by atoms with Gasteiger partial charge in [-0.3, -0.25) is 14.7 Å². The summed E-state index contributed by atoms with van der Waals surface area (Å²) in [5.41, 5.74) is 0.880. The molecule has 0 unspecified atom stereocenters. The van der Waals surface area contributed by atoms with E-state index in [2.05, 4.69) is 17.7 Å². The summed E-state index contributed by atoms with van der Waals surface area (Å²) in [6.45, 7) is 3.97. The van der Waals surface area contributed by atoms with Gasteiger partial charge in [0.05, 0.1) is 0 Å². The SMILES string of the molecule is Cc1c(C)c(=O)n(CC2(CS)CCCC2)[nH]c1=O. The minimum Gasteiger partial charge on any atom is -0.268 e. The lowest BCUT2D eigenvalue weighted by Gasteiger charge is -2.27. The third-order valence-electron chi connectivity index (χ3n) is 4.20. The van der Waals surface area contributed by atoms with Crippen LogP contribution >= 0.6 is 12.6 Å². The van der Waals surface area contributed by atoms with Crippen LogP contribution in [0.15, 0.2) is 9.59 Å². The highest BCUT2D eigenvalue weighted by molar-refractivity contribution is 7.80. The van der Waals surface area contributed by atoms with E-state index in [9.17, 15) is 9.59 Å². The smallest absolute Gasteiger partial charge is 0.268 e. The van der Waals surface area contributed by atoms with Gasteiger partial charge in [-0.15, -0.1) is 0 Å². The van der Waals surface area contributed by atoms with Crippen LogP contribution in [0.3, 0.4) is 0 Å². The molecular formula is C13H20N2O2S. The van der Waals surface area contributed by atoms with Crippen molar-refractivity contribution in [1.29, 1.82) is 0 Å². The van der Waals surface area contributed by atoms with Crippen LogP contribution in [-0.4, -0.2) is 15.5 Å². The summed E-state index contributed by atoms with van der Waals surface area (Å²) in [4.78, 5) is 23.9. The quantitative estimate of drug-likeness (QED) is 0.819. The van der Waals surface area contributed by atoms with Crippen molar-refractivity contribution < 1.29 is 0 Å². The van der Waals surface area contributed by atoms with Crippen molar-refractivity contribution in [1.82, 2.24) is 9.78 Å². The minimum atomic E-state index is -0.167. The summed E-state index contributed by atoms with van der Waals surface area (Å²) in [5, 5.41) is 2.69. The Morgan fingerprint density at radius 1 is 1.22 bits per heavy atom. The standard InChI is InChI=1S/C13H20N2O2S/c1-9-10(2)12(17)15(14-11(9)16)7-13(8-18)5-3-4-6-13/h18H,3-8H2,1-2H3,(H,14,16). The molecule has 0 atom stereocenters. The van der Waals surface area contributed by atoms with E-state index in [4.69, 9.17) is 0 Å². The fourth-order valence-electron chi connectivity index (χ4n) is 2.73. The van der Waals surface area contributed by atoms with E-state index in [1.807, 2.05) is 0 Å². The lowest BCUT2D eigenvalue weighted by molar-refractivity contribution is 0.268. The molecule has 1 fully saturated rings. The molecule has 1 saturated carbocycles. The fourth-order valence-corrected chi connectivity index (χ4v) is 3.14. The average molecular weight is 268 g/mol. The fraction of sp³-hybridized carbons (Fsp3) is 0.692. The third-order valence-corrected chi connectivity index (χ3v) is 4.87. The van der Waals surface area contributed by atoms with Crippen LogP contribution in [0, 0.1) is 19.3 Å². The second-order valence-electron chi connectivity index (χ2n) is 5.45. The highest BCUT2D eigenvalue weighted by Gasteiger charge is 2.33. The van der Waals surface area contributed by atoms with Gasteiger partial charge in [-0.1, -0.05) is 12.8 Å². The second kappa shape index (κ2) is 4.96. The van der Waals surface area contributed by atoms with E-state index in [-0.39, 0.29) is 16.5 Å². The summed E-state index contributed by atoms with van der Waals surface area (Å²) in [7, 11) is 0. The van der Waals surface area contributed by atoms with E-state index >= 15 is 0 Å². The van der Waals surface area contributed by atoms with E-state index in [1.54, 1.807) is 13.8 Å². The topological polar surface area (TPSA) is 54.9 Å². The maximum absolute atomic E-state index is 12.2. The lowest BCUT2D eigenvalue weighted by atomic mass is 9.88. The molecule has 0 spiro atoms. The molecule has 1 aromatic rings. The number of aromatic nitrogens is 2. The molecule has 0 amide bonds. The van der Waals surface area contributed by atoms with Gasteiger partial charge in [-0.2, -0.15) is 12.6 Å². The van der Waals surface area contributed by atoms with Crippen LogP contribution in [0.4, 0.5) is 0 Å². The molecular weight excluding hydrogens is 248 g/mol. The van der Waals surface area contributed by atoms with Crippen LogP contribution in [0.5, 0.6) is 0 Å². The third kappa shape index (κ3) is 2.28. The summed E-state index contributed by atoms with van der Waals surface area (Å²) in [5.74, 6) is 0.758. The van der Waals surface area contributed by atoms with Crippen LogP contribution in [0.1, 0.15) is 36.8 Å². The Morgan fingerprint density at radius 2 is 1.83 bits per heavy atom. The maximum Gasteiger partial charge on any atom is 0.268 e. The van der Waals surface area contributed by atoms with Crippen molar-refractivity contribution in [2.45, 2.75) is 46.1 Å². The Balaban J connectivity index is 2.41. The van der Waals surface area contributed by atoms with Crippen molar-refractivity contribution in [3.8, 4) is 0 Å². The van der Waals surface area contributed by atoms with E-state index < -0.39 is 0 Å². The highest BCUT2D eigenvalue weighted by Crippen LogP contribution is 2.39. The van der Waals surface area contributed by atoms with Gasteiger partial charge < -0.3 is 0 Å². The molecule has 5 heteroatoms. The molecule has 0 saturated heterocycles. The summed E-state index contributed by atoms with van der Waals surface area (Å²) >= 11 is 4.43. The Labute approximate surface area is 112 Å². The summed E-state index contributed by atoms with van der Waals surface area (Å²) < 4.78 is 1.48. The first kappa shape index (κ1) is 13.5. The Hall–Kier alpha value is -0.970. The number of thiol groups is 1.